The average Bonchev–Trinajstić information content (AvgIpc) is 3.21. The fourth-order valence-corrected chi connectivity index (χ4v) is 5.39. The molecule has 35 heavy (non-hydrogen) atoms. The SMILES string of the molecule is C=C(CCC(C)C)c1c/c(=C(/C=C\C)CCC(=C)c2cc(-c3cccc(C)c3)ccc2C)c(=C)s1. The summed E-state index contributed by atoms with van der Waals surface area (Å²) in [7, 11) is 0. The first-order valence-corrected chi connectivity index (χ1v) is 13.5. The molecule has 1 aromatic heterocycles. The largest absolute Gasteiger partial charge is 0.136 e. The van der Waals surface area contributed by atoms with Crippen molar-refractivity contribution < 1.29 is 0 Å². The smallest absolute Gasteiger partial charge is 0.0308 e. The van der Waals surface area contributed by atoms with Crippen LogP contribution in [-0.4, -0.2) is 0 Å². The molecule has 0 atom stereocenters. The number of thiophene rings is 1. The summed E-state index contributed by atoms with van der Waals surface area (Å²) in [6, 6.07) is 17.7. The van der Waals surface area contributed by atoms with Gasteiger partial charge in [-0.2, -0.15) is 0 Å². The minimum Gasteiger partial charge on any atom is -0.136 e. The third-order valence-electron chi connectivity index (χ3n) is 6.56. The van der Waals surface area contributed by atoms with Crippen molar-refractivity contribution in [3.05, 3.63) is 105 Å². The molecule has 3 aromatic rings. The second-order valence-corrected chi connectivity index (χ2v) is 11.1. The molecule has 182 valence electrons. The number of rotatable bonds is 10. The molecule has 0 spiro atoms. The standard InChI is InChI=1S/C34H40S/c1-9-11-29(33-22-34(35-28(33)8)27(7)15-14-23(2)3)18-16-25(5)32-21-31(19-17-26(32)6)30-13-10-12-24(4)20-30/h9-13,17,19-23H,5,7-8,14-16,18H2,1-4,6H3/b11-9-,33-29+. The molecule has 0 amide bonds. The summed E-state index contributed by atoms with van der Waals surface area (Å²) in [6.07, 6.45) is 8.44. The molecule has 2 aromatic carbocycles. The third-order valence-corrected chi connectivity index (χ3v) is 7.65. The number of benzene rings is 2. The number of hydrogen-bond acceptors (Lipinski definition) is 1. The Bertz CT molecular complexity index is 1340. The van der Waals surface area contributed by atoms with Gasteiger partial charge in [0.15, 0.2) is 0 Å². The Morgan fingerprint density at radius 3 is 2.34 bits per heavy atom. The maximum Gasteiger partial charge on any atom is 0.0308 e. The zero-order valence-electron chi connectivity index (χ0n) is 22.2. The first-order valence-electron chi connectivity index (χ1n) is 12.7. The lowest BCUT2D eigenvalue weighted by atomic mass is 9.92. The highest BCUT2D eigenvalue weighted by molar-refractivity contribution is 7.10. The molecule has 0 aliphatic rings. The van der Waals surface area contributed by atoms with Crippen molar-refractivity contribution in [1.82, 2.24) is 0 Å². The first-order chi connectivity index (χ1) is 16.7. The predicted molar refractivity (Wildman–Crippen MR) is 160 cm³/mol. The molecule has 0 bridgehead atoms. The Morgan fingerprint density at radius 2 is 1.66 bits per heavy atom. The minimum absolute atomic E-state index is 0.689. The summed E-state index contributed by atoms with van der Waals surface area (Å²) < 4.78 is 1.13. The Kier molecular flexibility index (Phi) is 9.29. The van der Waals surface area contributed by atoms with E-state index in [1.54, 1.807) is 11.3 Å². The van der Waals surface area contributed by atoms with Gasteiger partial charge < -0.3 is 0 Å². The molecule has 0 N–H and O–H groups in total. The van der Waals surface area contributed by atoms with E-state index in [0.717, 1.165) is 23.8 Å². The van der Waals surface area contributed by atoms with E-state index >= 15 is 0 Å². The molecule has 3 rings (SSSR count). The molecule has 0 unspecified atom stereocenters. The lowest BCUT2D eigenvalue weighted by Crippen LogP contribution is -2.19. The van der Waals surface area contributed by atoms with E-state index in [1.807, 2.05) is 0 Å². The highest BCUT2D eigenvalue weighted by Crippen LogP contribution is 2.30. The Morgan fingerprint density at radius 1 is 0.914 bits per heavy atom. The maximum atomic E-state index is 4.50. The summed E-state index contributed by atoms with van der Waals surface area (Å²) in [4.78, 5) is 1.27. The van der Waals surface area contributed by atoms with E-state index in [4.69, 9.17) is 0 Å². The van der Waals surface area contributed by atoms with E-state index in [1.165, 1.54) is 61.1 Å². The third kappa shape index (κ3) is 7.05. The molecule has 1 heteroatoms. The summed E-state index contributed by atoms with van der Waals surface area (Å²) in [6.45, 7) is 24.2. The van der Waals surface area contributed by atoms with Gasteiger partial charge in [0.05, 0.1) is 0 Å². The van der Waals surface area contributed by atoms with Gasteiger partial charge >= 0.3 is 0 Å². The van der Waals surface area contributed by atoms with Crippen LogP contribution in [0, 0.1) is 19.8 Å². The highest BCUT2D eigenvalue weighted by Gasteiger charge is 2.10. The lowest BCUT2D eigenvalue weighted by Gasteiger charge is -2.13. The van der Waals surface area contributed by atoms with Crippen LogP contribution in [0.4, 0.5) is 0 Å². The summed E-state index contributed by atoms with van der Waals surface area (Å²) in [5.41, 5.74) is 10.0. The van der Waals surface area contributed by atoms with Gasteiger partial charge in [-0.25, -0.2) is 0 Å². The van der Waals surface area contributed by atoms with E-state index in [9.17, 15) is 0 Å². The number of hydrogen-bond donors (Lipinski definition) is 0. The van der Waals surface area contributed by atoms with Crippen molar-refractivity contribution in [2.75, 3.05) is 0 Å². The van der Waals surface area contributed by atoms with E-state index in [2.05, 4.69) is 115 Å². The van der Waals surface area contributed by atoms with Crippen LogP contribution in [0.15, 0.2) is 73.8 Å². The molecule has 0 aliphatic carbocycles. The topological polar surface area (TPSA) is 0 Å². The van der Waals surface area contributed by atoms with Crippen LogP contribution in [0.1, 0.15) is 68.0 Å². The van der Waals surface area contributed by atoms with Crippen molar-refractivity contribution >= 4 is 34.6 Å². The van der Waals surface area contributed by atoms with Crippen LogP contribution < -0.4 is 9.75 Å². The van der Waals surface area contributed by atoms with Crippen LogP contribution in [0.3, 0.4) is 0 Å². The molecular formula is C34H40S. The predicted octanol–water partition coefficient (Wildman–Crippen LogP) is 9.11. The average molecular weight is 481 g/mol. The van der Waals surface area contributed by atoms with Crippen LogP contribution in [0.5, 0.6) is 0 Å². The molecule has 0 fully saturated rings. The van der Waals surface area contributed by atoms with Crippen molar-refractivity contribution in [3.63, 3.8) is 0 Å². The summed E-state index contributed by atoms with van der Waals surface area (Å²) in [5, 5.41) is 1.26. The molecule has 0 radical (unpaired) electrons. The van der Waals surface area contributed by atoms with Crippen LogP contribution in [0.2, 0.25) is 0 Å². The van der Waals surface area contributed by atoms with Crippen molar-refractivity contribution in [1.29, 1.82) is 0 Å². The quantitative estimate of drug-likeness (QED) is 0.271. The molecule has 0 aliphatic heterocycles. The molecular weight excluding hydrogens is 440 g/mol. The van der Waals surface area contributed by atoms with E-state index in [0.29, 0.717) is 5.92 Å². The maximum absolute atomic E-state index is 4.50. The molecule has 0 saturated heterocycles. The van der Waals surface area contributed by atoms with Gasteiger partial charge in [-0.05, 0) is 109 Å². The molecule has 1 heterocycles. The van der Waals surface area contributed by atoms with Gasteiger partial charge in [-0.1, -0.05) is 87.7 Å². The van der Waals surface area contributed by atoms with Crippen LogP contribution >= 0.6 is 11.3 Å². The van der Waals surface area contributed by atoms with Gasteiger partial charge in [0.25, 0.3) is 0 Å². The number of aryl methyl sites for hydroxylation is 2. The van der Waals surface area contributed by atoms with E-state index in [-0.39, 0.29) is 0 Å². The monoisotopic (exact) mass is 480 g/mol. The first kappa shape index (κ1) is 26.7. The van der Waals surface area contributed by atoms with Gasteiger partial charge in [-0.15, -0.1) is 11.3 Å². The normalized spacial score (nSPS) is 12.4. The molecule has 0 saturated carbocycles. The Balaban J connectivity index is 1.85. The van der Waals surface area contributed by atoms with Crippen LogP contribution in [-0.2, 0) is 0 Å². The second kappa shape index (κ2) is 12.2. The van der Waals surface area contributed by atoms with Gasteiger partial charge in [0, 0.05) is 9.41 Å². The Labute approximate surface area is 216 Å². The second-order valence-electron chi connectivity index (χ2n) is 10.0. The van der Waals surface area contributed by atoms with Crippen molar-refractivity contribution in [2.24, 2.45) is 5.92 Å². The Hall–Kier alpha value is -2.90. The van der Waals surface area contributed by atoms with Crippen molar-refractivity contribution in [3.8, 4) is 11.1 Å². The highest BCUT2D eigenvalue weighted by atomic mass is 32.1. The van der Waals surface area contributed by atoms with Gasteiger partial charge in [0.1, 0.15) is 0 Å². The number of allylic oxidation sites excluding steroid dienone is 4. The van der Waals surface area contributed by atoms with Crippen LogP contribution in [0.25, 0.3) is 34.4 Å². The summed E-state index contributed by atoms with van der Waals surface area (Å²) in [5.74, 6) is 0.689. The van der Waals surface area contributed by atoms with E-state index < -0.39 is 0 Å². The lowest BCUT2D eigenvalue weighted by molar-refractivity contribution is 0.599. The molecule has 0 nitrogen and oxygen atoms in total. The van der Waals surface area contributed by atoms with Gasteiger partial charge in [-0.3, -0.25) is 0 Å². The van der Waals surface area contributed by atoms with Crippen molar-refractivity contribution in [2.45, 2.75) is 60.3 Å². The summed E-state index contributed by atoms with van der Waals surface area (Å²) >= 11 is 1.77. The fraction of sp³-hybridized carbons (Fsp3) is 0.294. The minimum atomic E-state index is 0.689. The van der Waals surface area contributed by atoms with Gasteiger partial charge in [0.2, 0.25) is 0 Å². The fourth-order valence-electron chi connectivity index (χ4n) is 4.40. The zero-order valence-corrected chi connectivity index (χ0v) is 23.0. The zero-order chi connectivity index (χ0) is 25.5.